The van der Waals surface area contributed by atoms with Gasteiger partial charge in [0.1, 0.15) is 5.58 Å². The van der Waals surface area contributed by atoms with Crippen molar-refractivity contribution >= 4 is 20.8 Å². The molecule has 0 aliphatic heterocycles. The fourth-order valence-electron chi connectivity index (χ4n) is 1.20. The van der Waals surface area contributed by atoms with Crippen LogP contribution < -0.4 is 0 Å². The molecule has 0 saturated heterocycles. The summed E-state index contributed by atoms with van der Waals surface area (Å²) in [5, 5.41) is 3.10. The summed E-state index contributed by atoms with van der Waals surface area (Å²) in [4.78, 5) is 0. The zero-order valence-corrected chi connectivity index (χ0v) is 8.84. The van der Waals surface area contributed by atoms with Crippen molar-refractivity contribution in [1.29, 1.82) is 0 Å². The Kier molecular flexibility index (Phi) is 2.25. The second-order valence-electron chi connectivity index (χ2n) is 3.17. The van der Waals surface area contributed by atoms with Crippen LogP contribution in [0, 0.1) is 11.2 Å². The molecule has 1 aromatic carbocycles. The van der Waals surface area contributed by atoms with Gasteiger partial charge < -0.3 is 4.42 Å². The first-order valence-corrected chi connectivity index (χ1v) is 6.14. The Hall–Kier alpha value is -1.73. The fourth-order valence-corrected chi connectivity index (χ4v) is 1.50. The summed E-state index contributed by atoms with van der Waals surface area (Å²) in [5.74, 6) is 2.59. The van der Waals surface area contributed by atoms with E-state index in [1.165, 1.54) is 0 Å². The van der Waals surface area contributed by atoms with Crippen molar-refractivity contribution in [2.45, 2.75) is 0 Å². The minimum Gasteiger partial charge on any atom is -0.464 e. The van der Waals surface area contributed by atoms with Crippen molar-refractivity contribution in [2.24, 2.45) is 0 Å². The van der Waals surface area contributed by atoms with Crippen LogP contribution >= 0.6 is 0 Å². The SMILES string of the molecule is CS(=O)(=O)C#Cc1ccc2occc2c1. The van der Waals surface area contributed by atoms with Crippen LogP contribution in [0.1, 0.15) is 5.56 Å². The Balaban J connectivity index is 2.48. The topological polar surface area (TPSA) is 47.3 Å². The standard InChI is InChI=1S/C11H8O3S/c1-15(12,13)7-5-9-2-3-11-10(8-9)4-6-14-11/h2-4,6,8H,1H3. The lowest BCUT2D eigenvalue weighted by Gasteiger charge is -1.89. The molecule has 0 aliphatic rings. The summed E-state index contributed by atoms with van der Waals surface area (Å²) in [7, 11) is -3.25. The van der Waals surface area contributed by atoms with Crippen LogP contribution in [-0.2, 0) is 9.84 Å². The molecular formula is C11H8O3S. The van der Waals surface area contributed by atoms with Crippen LogP contribution in [-0.4, -0.2) is 14.7 Å². The smallest absolute Gasteiger partial charge is 0.214 e. The van der Waals surface area contributed by atoms with E-state index in [1.54, 1.807) is 30.5 Å². The van der Waals surface area contributed by atoms with Crippen LogP contribution in [0.3, 0.4) is 0 Å². The van der Waals surface area contributed by atoms with Crippen molar-refractivity contribution in [3.63, 3.8) is 0 Å². The lowest BCUT2D eigenvalue weighted by Crippen LogP contribution is -1.88. The molecular weight excluding hydrogens is 212 g/mol. The highest BCUT2D eigenvalue weighted by atomic mass is 32.2. The van der Waals surface area contributed by atoms with E-state index in [4.69, 9.17) is 4.42 Å². The first kappa shape index (κ1) is 9.81. The third-order valence-corrected chi connectivity index (χ3v) is 2.31. The van der Waals surface area contributed by atoms with E-state index in [2.05, 4.69) is 11.2 Å². The van der Waals surface area contributed by atoms with Crippen LogP contribution in [0.15, 0.2) is 34.9 Å². The molecule has 3 nitrogen and oxygen atoms in total. The molecule has 0 aliphatic carbocycles. The van der Waals surface area contributed by atoms with E-state index >= 15 is 0 Å². The maximum absolute atomic E-state index is 10.8. The Morgan fingerprint density at radius 3 is 2.80 bits per heavy atom. The van der Waals surface area contributed by atoms with Crippen molar-refractivity contribution in [3.05, 3.63) is 36.1 Å². The normalized spacial score (nSPS) is 11.0. The predicted molar refractivity (Wildman–Crippen MR) is 57.9 cm³/mol. The fraction of sp³-hybridized carbons (Fsp3) is 0.0909. The van der Waals surface area contributed by atoms with Gasteiger partial charge in [0.05, 0.1) is 12.5 Å². The summed E-state index contributed by atoms with van der Waals surface area (Å²) in [6.07, 6.45) is 2.66. The van der Waals surface area contributed by atoms with Gasteiger partial charge in [0.25, 0.3) is 0 Å². The molecule has 0 unspecified atom stereocenters. The number of hydrogen-bond acceptors (Lipinski definition) is 3. The van der Waals surface area contributed by atoms with Gasteiger partial charge in [0.2, 0.25) is 9.84 Å². The monoisotopic (exact) mass is 220 g/mol. The van der Waals surface area contributed by atoms with Gasteiger partial charge in [0, 0.05) is 16.2 Å². The van der Waals surface area contributed by atoms with Crippen molar-refractivity contribution in [2.75, 3.05) is 6.26 Å². The lowest BCUT2D eigenvalue weighted by atomic mass is 10.2. The van der Waals surface area contributed by atoms with E-state index in [9.17, 15) is 8.42 Å². The first-order valence-electron chi connectivity index (χ1n) is 4.25. The van der Waals surface area contributed by atoms with Crippen molar-refractivity contribution in [3.8, 4) is 11.2 Å². The highest BCUT2D eigenvalue weighted by Gasteiger charge is 1.97. The number of sulfone groups is 1. The Labute approximate surface area is 87.6 Å². The highest BCUT2D eigenvalue weighted by Crippen LogP contribution is 2.16. The van der Waals surface area contributed by atoms with Gasteiger partial charge >= 0.3 is 0 Å². The second-order valence-corrected chi connectivity index (χ2v) is 4.92. The third kappa shape index (κ3) is 2.39. The van der Waals surface area contributed by atoms with Crippen LogP contribution in [0.2, 0.25) is 0 Å². The molecule has 1 aromatic heterocycles. The maximum atomic E-state index is 10.8. The van der Waals surface area contributed by atoms with Crippen LogP contribution in [0.25, 0.3) is 11.0 Å². The maximum Gasteiger partial charge on any atom is 0.214 e. The zero-order valence-electron chi connectivity index (χ0n) is 8.02. The number of rotatable bonds is 0. The number of benzene rings is 1. The largest absolute Gasteiger partial charge is 0.464 e. The van der Waals surface area contributed by atoms with Crippen molar-refractivity contribution in [1.82, 2.24) is 0 Å². The van der Waals surface area contributed by atoms with E-state index in [0.29, 0.717) is 5.56 Å². The molecule has 0 atom stereocenters. The summed E-state index contributed by atoms with van der Waals surface area (Å²) < 4.78 is 26.8. The molecule has 1 heterocycles. The van der Waals surface area contributed by atoms with Gasteiger partial charge in [-0.05, 0) is 24.3 Å². The van der Waals surface area contributed by atoms with Crippen molar-refractivity contribution < 1.29 is 12.8 Å². The summed E-state index contributed by atoms with van der Waals surface area (Å²) >= 11 is 0. The summed E-state index contributed by atoms with van der Waals surface area (Å²) in [6, 6.07) is 7.09. The van der Waals surface area contributed by atoms with Gasteiger partial charge in [-0.15, -0.1) is 0 Å². The van der Waals surface area contributed by atoms with Crippen LogP contribution in [0.5, 0.6) is 0 Å². The molecule has 0 N–H and O–H groups in total. The quantitative estimate of drug-likeness (QED) is 0.636. The molecule has 0 amide bonds. The van der Waals surface area contributed by atoms with E-state index < -0.39 is 9.84 Å². The zero-order chi connectivity index (χ0) is 10.9. The van der Waals surface area contributed by atoms with Gasteiger partial charge in [-0.2, -0.15) is 0 Å². The number of hydrogen-bond donors (Lipinski definition) is 0. The average molecular weight is 220 g/mol. The lowest BCUT2D eigenvalue weighted by molar-refractivity contribution is 0.611. The minimum absolute atomic E-state index is 0.661. The summed E-state index contributed by atoms with van der Waals surface area (Å²) in [6.45, 7) is 0. The molecule has 0 spiro atoms. The van der Waals surface area contributed by atoms with Crippen LogP contribution in [0.4, 0.5) is 0 Å². The highest BCUT2D eigenvalue weighted by molar-refractivity contribution is 7.95. The van der Waals surface area contributed by atoms with E-state index in [0.717, 1.165) is 17.2 Å². The van der Waals surface area contributed by atoms with Gasteiger partial charge in [-0.25, -0.2) is 8.42 Å². The molecule has 0 saturated carbocycles. The first-order chi connectivity index (χ1) is 7.04. The minimum atomic E-state index is -3.25. The molecule has 76 valence electrons. The molecule has 4 heteroatoms. The Morgan fingerprint density at radius 1 is 1.27 bits per heavy atom. The van der Waals surface area contributed by atoms with Gasteiger partial charge in [-0.3, -0.25) is 0 Å². The molecule has 2 rings (SSSR count). The molecule has 0 bridgehead atoms. The summed E-state index contributed by atoms with van der Waals surface area (Å²) in [5.41, 5.74) is 1.43. The van der Waals surface area contributed by atoms with E-state index in [1.807, 2.05) is 0 Å². The predicted octanol–water partition coefficient (Wildman–Crippen LogP) is 1.79. The van der Waals surface area contributed by atoms with Gasteiger partial charge in [-0.1, -0.05) is 5.92 Å². The van der Waals surface area contributed by atoms with Gasteiger partial charge in [0.15, 0.2) is 0 Å². The third-order valence-electron chi connectivity index (χ3n) is 1.83. The average Bonchev–Trinajstić information content (AvgIpc) is 2.60. The number of furan rings is 1. The Morgan fingerprint density at radius 2 is 2.07 bits per heavy atom. The molecule has 2 aromatic rings. The van der Waals surface area contributed by atoms with E-state index in [-0.39, 0.29) is 0 Å². The molecule has 0 fully saturated rings. The second kappa shape index (κ2) is 3.44. The molecule has 0 radical (unpaired) electrons. The number of fused-ring (bicyclic) bond motifs is 1. The Bertz CT molecular complexity index is 654. The molecule has 15 heavy (non-hydrogen) atoms.